The molecule has 3 aromatic carbocycles. The number of sulfonamides is 1. The minimum absolute atomic E-state index is 0.0527. The molecule has 7 nitrogen and oxygen atoms in total. The highest BCUT2D eigenvalue weighted by molar-refractivity contribution is 7.89. The van der Waals surface area contributed by atoms with Crippen LogP contribution in [0.1, 0.15) is 23.6 Å². The van der Waals surface area contributed by atoms with Crippen LogP contribution in [0.5, 0.6) is 5.75 Å². The van der Waals surface area contributed by atoms with Gasteiger partial charge in [0.05, 0.1) is 24.3 Å². The summed E-state index contributed by atoms with van der Waals surface area (Å²) >= 11 is 12.5. The summed E-state index contributed by atoms with van der Waals surface area (Å²) in [6.45, 7) is 3.63. The van der Waals surface area contributed by atoms with Gasteiger partial charge in [0.1, 0.15) is 5.75 Å². The second-order valence-electron chi connectivity index (χ2n) is 7.58. The average molecular weight is 534 g/mol. The standard InChI is InChI=1S/C25H25Cl2N3O4S/c1-3-34-20-11-9-19(10-12-20)15-28-29-25(31)17-30(16-22-23(26)5-4-6-24(22)27)35(32,33)21-13-7-18(2)8-14-21/h4-15H,3,16-17H2,1-2H3,(H,29,31)/b28-15-. The zero-order chi connectivity index (χ0) is 25.4. The Kier molecular flexibility index (Phi) is 9.28. The molecule has 0 unspecified atom stereocenters. The molecule has 35 heavy (non-hydrogen) atoms. The van der Waals surface area contributed by atoms with Crippen molar-refractivity contribution in [2.24, 2.45) is 5.10 Å². The Bertz CT molecular complexity index is 1280. The van der Waals surface area contributed by atoms with Crippen molar-refractivity contribution in [2.75, 3.05) is 13.2 Å². The summed E-state index contributed by atoms with van der Waals surface area (Å²) in [6, 6.07) is 18.4. The van der Waals surface area contributed by atoms with Crippen LogP contribution >= 0.6 is 23.2 Å². The predicted molar refractivity (Wildman–Crippen MR) is 139 cm³/mol. The molecule has 184 valence electrons. The summed E-state index contributed by atoms with van der Waals surface area (Å²) in [4.78, 5) is 12.7. The summed E-state index contributed by atoms with van der Waals surface area (Å²) in [5.41, 5.74) is 4.42. The second-order valence-corrected chi connectivity index (χ2v) is 10.3. The Balaban J connectivity index is 1.79. The molecule has 0 aromatic heterocycles. The maximum atomic E-state index is 13.4. The Labute approximate surface area is 215 Å². The van der Waals surface area contributed by atoms with E-state index in [0.717, 1.165) is 21.2 Å². The van der Waals surface area contributed by atoms with Gasteiger partial charge in [0, 0.05) is 22.2 Å². The quantitative estimate of drug-likeness (QED) is 0.292. The first-order valence-electron chi connectivity index (χ1n) is 10.7. The van der Waals surface area contributed by atoms with Crippen molar-refractivity contribution in [3.63, 3.8) is 0 Å². The van der Waals surface area contributed by atoms with Gasteiger partial charge in [0.2, 0.25) is 10.0 Å². The molecular weight excluding hydrogens is 509 g/mol. The minimum atomic E-state index is -4.04. The van der Waals surface area contributed by atoms with Crippen LogP contribution in [0.2, 0.25) is 10.0 Å². The summed E-state index contributed by atoms with van der Waals surface area (Å²) in [5, 5.41) is 4.54. The van der Waals surface area contributed by atoms with Gasteiger partial charge in [-0.1, -0.05) is 47.0 Å². The van der Waals surface area contributed by atoms with Crippen molar-refractivity contribution in [1.82, 2.24) is 9.73 Å². The third-order valence-electron chi connectivity index (χ3n) is 4.97. The van der Waals surface area contributed by atoms with E-state index >= 15 is 0 Å². The summed E-state index contributed by atoms with van der Waals surface area (Å²) in [5.74, 6) is 0.106. The van der Waals surface area contributed by atoms with Crippen molar-refractivity contribution in [3.8, 4) is 5.75 Å². The van der Waals surface area contributed by atoms with Gasteiger partial charge in [0.15, 0.2) is 0 Å². The van der Waals surface area contributed by atoms with Gasteiger partial charge >= 0.3 is 0 Å². The van der Waals surface area contributed by atoms with Gasteiger partial charge in [-0.15, -0.1) is 0 Å². The molecule has 0 saturated carbocycles. The van der Waals surface area contributed by atoms with Crippen LogP contribution < -0.4 is 10.2 Å². The van der Waals surface area contributed by atoms with Crippen LogP contribution in [0.3, 0.4) is 0 Å². The Morgan fingerprint density at radius 2 is 1.66 bits per heavy atom. The summed E-state index contributed by atoms with van der Waals surface area (Å²) < 4.78 is 33.2. The number of amides is 1. The Hall–Kier alpha value is -2.91. The number of carbonyl (C=O) groups is 1. The molecule has 0 atom stereocenters. The fourth-order valence-electron chi connectivity index (χ4n) is 3.14. The lowest BCUT2D eigenvalue weighted by Crippen LogP contribution is -2.39. The smallest absolute Gasteiger partial charge is 0.255 e. The fraction of sp³-hybridized carbons (Fsp3) is 0.200. The Morgan fingerprint density at radius 3 is 2.26 bits per heavy atom. The Morgan fingerprint density at radius 1 is 1.03 bits per heavy atom. The first-order valence-corrected chi connectivity index (χ1v) is 12.9. The van der Waals surface area contributed by atoms with Gasteiger partial charge < -0.3 is 4.74 Å². The zero-order valence-electron chi connectivity index (χ0n) is 19.2. The molecule has 1 N–H and O–H groups in total. The van der Waals surface area contributed by atoms with Gasteiger partial charge in [-0.3, -0.25) is 4.79 Å². The largest absolute Gasteiger partial charge is 0.494 e. The van der Waals surface area contributed by atoms with E-state index in [4.69, 9.17) is 27.9 Å². The second kappa shape index (κ2) is 12.2. The highest BCUT2D eigenvalue weighted by Gasteiger charge is 2.28. The molecule has 0 heterocycles. The van der Waals surface area contributed by atoms with E-state index in [-0.39, 0.29) is 11.4 Å². The van der Waals surface area contributed by atoms with Crippen LogP contribution in [0.25, 0.3) is 0 Å². The van der Waals surface area contributed by atoms with E-state index in [1.807, 2.05) is 13.8 Å². The van der Waals surface area contributed by atoms with E-state index in [1.165, 1.54) is 18.3 Å². The number of carbonyl (C=O) groups excluding carboxylic acids is 1. The monoisotopic (exact) mass is 533 g/mol. The number of hydrogen-bond acceptors (Lipinski definition) is 5. The molecule has 0 saturated heterocycles. The number of nitrogens with one attached hydrogen (secondary N) is 1. The van der Waals surface area contributed by atoms with Crippen molar-refractivity contribution >= 4 is 45.3 Å². The van der Waals surface area contributed by atoms with Gasteiger partial charge in [-0.25, -0.2) is 13.8 Å². The molecule has 0 aliphatic rings. The lowest BCUT2D eigenvalue weighted by Gasteiger charge is -2.22. The number of benzene rings is 3. The number of nitrogens with zero attached hydrogens (tertiary/aromatic N) is 2. The third kappa shape index (κ3) is 7.29. The first kappa shape index (κ1) is 26.7. The highest BCUT2D eigenvalue weighted by Crippen LogP contribution is 2.28. The molecular formula is C25H25Cl2N3O4S. The molecule has 0 fully saturated rings. The highest BCUT2D eigenvalue weighted by atomic mass is 35.5. The molecule has 0 spiro atoms. The molecule has 0 bridgehead atoms. The van der Waals surface area contributed by atoms with Crippen LogP contribution in [0, 0.1) is 6.92 Å². The number of hydrogen-bond donors (Lipinski definition) is 1. The molecule has 10 heteroatoms. The van der Waals surface area contributed by atoms with E-state index in [0.29, 0.717) is 22.2 Å². The fourth-order valence-corrected chi connectivity index (χ4v) is 5.02. The number of halogens is 2. The molecule has 0 aliphatic heterocycles. The van der Waals surface area contributed by atoms with Gasteiger partial charge in [0.25, 0.3) is 5.91 Å². The number of hydrazone groups is 1. The van der Waals surface area contributed by atoms with Crippen molar-refractivity contribution in [3.05, 3.63) is 93.5 Å². The minimum Gasteiger partial charge on any atom is -0.494 e. The van der Waals surface area contributed by atoms with E-state index in [2.05, 4.69) is 10.5 Å². The predicted octanol–water partition coefficient (Wildman–Crippen LogP) is 5.04. The molecule has 1 amide bonds. The summed E-state index contributed by atoms with van der Waals surface area (Å²) in [6.07, 6.45) is 1.46. The van der Waals surface area contributed by atoms with E-state index in [1.54, 1.807) is 54.6 Å². The molecule has 0 aliphatic carbocycles. The molecule has 3 aromatic rings. The molecule has 3 rings (SSSR count). The van der Waals surface area contributed by atoms with E-state index < -0.39 is 22.5 Å². The van der Waals surface area contributed by atoms with Crippen LogP contribution in [-0.4, -0.2) is 38.0 Å². The van der Waals surface area contributed by atoms with Gasteiger partial charge in [-0.05, 0) is 67.9 Å². The number of aryl methyl sites for hydroxylation is 1. The summed E-state index contributed by atoms with van der Waals surface area (Å²) in [7, 11) is -4.04. The topological polar surface area (TPSA) is 88.1 Å². The maximum absolute atomic E-state index is 13.4. The van der Waals surface area contributed by atoms with Crippen molar-refractivity contribution in [1.29, 1.82) is 0 Å². The normalized spacial score (nSPS) is 11.7. The zero-order valence-corrected chi connectivity index (χ0v) is 21.6. The average Bonchev–Trinajstić information content (AvgIpc) is 2.82. The lowest BCUT2D eigenvalue weighted by molar-refractivity contribution is -0.121. The lowest BCUT2D eigenvalue weighted by atomic mass is 10.2. The van der Waals surface area contributed by atoms with Crippen molar-refractivity contribution in [2.45, 2.75) is 25.3 Å². The van der Waals surface area contributed by atoms with Crippen LogP contribution in [0.4, 0.5) is 0 Å². The number of ether oxygens (including phenoxy) is 1. The van der Waals surface area contributed by atoms with E-state index in [9.17, 15) is 13.2 Å². The maximum Gasteiger partial charge on any atom is 0.255 e. The van der Waals surface area contributed by atoms with Crippen LogP contribution in [0.15, 0.2) is 76.7 Å². The first-order chi connectivity index (χ1) is 16.7. The number of rotatable bonds is 10. The third-order valence-corrected chi connectivity index (χ3v) is 7.48. The SMILES string of the molecule is CCOc1ccc(/C=N\NC(=O)CN(Cc2c(Cl)cccc2Cl)S(=O)(=O)c2ccc(C)cc2)cc1. The van der Waals surface area contributed by atoms with Gasteiger partial charge in [-0.2, -0.15) is 9.41 Å². The molecule has 0 radical (unpaired) electrons. The van der Waals surface area contributed by atoms with Crippen LogP contribution in [-0.2, 0) is 21.4 Å². The van der Waals surface area contributed by atoms with Crippen molar-refractivity contribution < 1.29 is 17.9 Å².